The molecule has 0 aliphatic rings. The van der Waals surface area contributed by atoms with E-state index in [1.54, 1.807) is 37.1 Å². The average Bonchev–Trinajstić information content (AvgIpc) is 2.29. The molecule has 1 atom stereocenters. The van der Waals surface area contributed by atoms with Crippen molar-refractivity contribution in [1.29, 1.82) is 0 Å². The van der Waals surface area contributed by atoms with E-state index in [2.05, 4.69) is 4.98 Å². The first-order valence-corrected chi connectivity index (χ1v) is 5.91. The van der Waals surface area contributed by atoms with Crippen LogP contribution in [0.4, 0.5) is 0 Å². The summed E-state index contributed by atoms with van der Waals surface area (Å²) in [4.78, 5) is 28.6. The molecule has 0 aliphatic carbocycles. The SMILES string of the molecule is CCN(C(=O)c1cccnc1C)C(C)CC(=O)O. The van der Waals surface area contributed by atoms with Gasteiger partial charge in [0.25, 0.3) is 5.91 Å². The zero-order valence-corrected chi connectivity index (χ0v) is 10.9. The predicted octanol–water partition coefficient (Wildman–Crippen LogP) is 1.72. The Morgan fingerprint density at radius 1 is 1.50 bits per heavy atom. The fraction of sp³-hybridized carbons (Fsp3) is 0.462. The highest BCUT2D eigenvalue weighted by Crippen LogP contribution is 2.12. The number of aliphatic carboxylic acids is 1. The fourth-order valence-corrected chi connectivity index (χ4v) is 1.88. The Morgan fingerprint density at radius 2 is 2.17 bits per heavy atom. The summed E-state index contributed by atoms with van der Waals surface area (Å²) in [6.45, 7) is 5.81. The second kappa shape index (κ2) is 6.14. The number of carboxylic acids is 1. The van der Waals surface area contributed by atoms with Crippen LogP contribution in [0.15, 0.2) is 18.3 Å². The molecule has 0 radical (unpaired) electrons. The van der Waals surface area contributed by atoms with Gasteiger partial charge in [0.2, 0.25) is 0 Å². The van der Waals surface area contributed by atoms with Crippen molar-refractivity contribution >= 4 is 11.9 Å². The van der Waals surface area contributed by atoms with Crippen molar-refractivity contribution in [2.24, 2.45) is 0 Å². The number of amides is 1. The molecule has 1 aromatic heterocycles. The van der Waals surface area contributed by atoms with Gasteiger partial charge < -0.3 is 10.0 Å². The summed E-state index contributed by atoms with van der Waals surface area (Å²) in [5, 5.41) is 8.78. The van der Waals surface area contributed by atoms with Crippen LogP contribution in [0.1, 0.15) is 36.3 Å². The molecule has 98 valence electrons. The Morgan fingerprint density at radius 3 is 2.67 bits per heavy atom. The van der Waals surface area contributed by atoms with Crippen molar-refractivity contribution in [1.82, 2.24) is 9.88 Å². The van der Waals surface area contributed by atoms with Crippen LogP contribution < -0.4 is 0 Å². The van der Waals surface area contributed by atoms with E-state index in [0.717, 1.165) is 0 Å². The largest absolute Gasteiger partial charge is 0.481 e. The monoisotopic (exact) mass is 250 g/mol. The molecule has 0 saturated carbocycles. The summed E-state index contributed by atoms with van der Waals surface area (Å²) in [6, 6.07) is 3.08. The van der Waals surface area contributed by atoms with Crippen molar-refractivity contribution in [3.05, 3.63) is 29.6 Å². The first kappa shape index (κ1) is 14.2. The van der Waals surface area contributed by atoms with E-state index in [1.807, 2.05) is 6.92 Å². The third-order valence-electron chi connectivity index (χ3n) is 2.84. The van der Waals surface area contributed by atoms with Crippen LogP contribution in [0, 0.1) is 6.92 Å². The number of carbonyl (C=O) groups excluding carboxylic acids is 1. The number of carboxylic acid groups (broad SMARTS) is 1. The standard InChI is InChI=1S/C13H18N2O3/c1-4-15(9(2)8-12(16)17)13(18)11-6-5-7-14-10(11)3/h5-7,9H,4,8H2,1-3H3,(H,16,17). The maximum Gasteiger partial charge on any atom is 0.305 e. The van der Waals surface area contributed by atoms with Crippen LogP contribution in [0.3, 0.4) is 0 Å². The minimum Gasteiger partial charge on any atom is -0.481 e. The number of hydrogen-bond donors (Lipinski definition) is 1. The molecule has 1 N–H and O–H groups in total. The number of hydrogen-bond acceptors (Lipinski definition) is 3. The lowest BCUT2D eigenvalue weighted by atomic mass is 10.1. The van der Waals surface area contributed by atoms with Gasteiger partial charge in [0.05, 0.1) is 12.0 Å². The summed E-state index contributed by atoms with van der Waals surface area (Å²) in [7, 11) is 0. The van der Waals surface area contributed by atoms with Crippen LogP contribution in [0.25, 0.3) is 0 Å². The maximum atomic E-state index is 12.3. The number of pyridine rings is 1. The van der Waals surface area contributed by atoms with E-state index >= 15 is 0 Å². The van der Waals surface area contributed by atoms with E-state index in [1.165, 1.54) is 0 Å². The molecule has 0 fully saturated rings. The zero-order valence-electron chi connectivity index (χ0n) is 10.9. The quantitative estimate of drug-likeness (QED) is 0.863. The van der Waals surface area contributed by atoms with Crippen molar-refractivity contribution < 1.29 is 14.7 Å². The highest BCUT2D eigenvalue weighted by molar-refractivity contribution is 5.95. The molecule has 1 aromatic rings. The third-order valence-corrected chi connectivity index (χ3v) is 2.84. The number of nitrogens with zero attached hydrogens (tertiary/aromatic N) is 2. The van der Waals surface area contributed by atoms with E-state index < -0.39 is 5.97 Å². The van der Waals surface area contributed by atoms with Crippen LogP contribution in [-0.2, 0) is 4.79 Å². The minimum atomic E-state index is -0.906. The highest BCUT2D eigenvalue weighted by Gasteiger charge is 2.23. The topological polar surface area (TPSA) is 70.5 Å². The minimum absolute atomic E-state index is 0.0567. The molecular weight excluding hydrogens is 232 g/mol. The highest BCUT2D eigenvalue weighted by atomic mass is 16.4. The molecule has 5 heteroatoms. The summed E-state index contributed by atoms with van der Waals surface area (Å²) < 4.78 is 0. The van der Waals surface area contributed by atoms with Crippen molar-refractivity contribution in [2.75, 3.05) is 6.54 Å². The number of aromatic nitrogens is 1. The molecule has 0 aliphatic heterocycles. The van der Waals surface area contributed by atoms with Gasteiger partial charge in [0.15, 0.2) is 0 Å². The Hall–Kier alpha value is -1.91. The summed E-state index contributed by atoms with van der Waals surface area (Å²) in [5.41, 5.74) is 1.18. The van der Waals surface area contributed by atoms with Crippen molar-refractivity contribution in [3.63, 3.8) is 0 Å². The molecule has 0 spiro atoms. The zero-order chi connectivity index (χ0) is 13.7. The number of aryl methyl sites for hydroxylation is 1. The Labute approximate surface area is 106 Å². The summed E-state index contributed by atoms with van der Waals surface area (Å²) in [5.74, 6) is -1.08. The molecule has 5 nitrogen and oxygen atoms in total. The van der Waals surface area contributed by atoms with Crippen LogP contribution >= 0.6 is 0 Å². The smallest absolute Gasteiger partial charge is 0.305 e. The second-order valence-electron chi connectivity index (χ2n) is 4.17. The van der Waals surface area contributed by atoms with E-state index in [4.69, 9.17) is 5.11 Å². The van der Waals surface area contributed by atoms with Crippen LogP contribution in [-0.4, -0.2) is 39.5 Å². The Balaban J connectivity index is 2.92. The van der Waals surface area contributed by atoms with Gasteiger partial charge in [-0.25, -0.2) is 0 Å². The van der Waals surface area contributed by atoms with Crippen LogP contribution in [0.5, 0.6) is 0 Å². The van der Waals surface area contributed by atoms with Crippen molar-refractivity contribution in [3.8, 4) is 0 Å². The van der Waals surface area contributed by atoms with Gasteiger partial charge in [-0.3, -0.25) is 14.6 Å². The predicted molar refractivity (Wildman–Crippen MR) is 67.4 cm³/mol. The van der Waals surface area contributed by atoms with E-state index in [-0.39, 0.29) is 18.4 Å². The Kier molecular flexibility index (Phi) is 4.83. The molecular formula is C13H18N2O3. The van der Waals surface area contributed by atoms with Gasteiger partial charge in [0, 0.05) is 24.5 Å². The molecule has 0 aromatic carbocycles. The molecule has 1 unspecified atom stereocenters. The fourth-order valence-electron chi connectivity index (χ4n) is 1.88. The van der Waals surface area contributed by atoms with Crippen molar-refractivity contribution in [2.45, 2.75) is 33.2 Å². The number of rotatable bonds is 5. The van der Waals surface area contributed by atoms with Gasteiger partial charge in [-0.15, -0.1) is 0 Å². The maximum absolute atomic E-state index is 12.3. The molecule has 1 rings (SSSR count). The third kappa shape index (κ3) is 3.29. The number of carbonyl (C=O) groups is 2. The molecule has 0 saturated heterocycles. The lowest BCUT2D eigenvalue weighted by Crippen LogP contribution is -2.40. The van der Waals surface area contributed by atoms with Gasteiger partial charge in [-0.05, 0) is 32.9 Å². The lowest BCUT2D eigenvalue weighted by molar-refractivity contribution is -0.138. The first-order chi connectivity index (χ1) is 8.47. The molecule has 1 heterocycles. The molecule has 18 heavy (non-hydrogen) atoms. The van der Waals surface area contributed by atoms with Gasteiger partial charge in [-0.1, -0.05) is 0 Å². The second-order valence-corrected chi connectivity index (χ2v) is 4.17. The molecule has 0 bridgehead atoms. The van der Waals surface area contributed by atoms with E-state index in [9.17, 15) is 9.59 Å². The van der Waals surface area contributed by atoms with Gasteiger partial charge >= 0.3 is 5.97 Å². The van der Waals surface area contributed by atoms with Gasteiger partial charge in [0.1, 0.15) is 0 Å². The van der Waals surface area contributed by atoms with Gasteiger partial charge in [-0.2, -0.15) is 0 Å². The first-order valence-electron chi connectivity index (χ1n) is 5.91. The van der Waals surface area contributed by atoms with Crippen LogP contribution in [0.2, 0.25) is 0 Å². The molecule has 1 amide bonds. The summed E-state index contributed by atoms with van der Waals surface area (Å²) >= 11 is 0. The van der Waals surface area contributed by atoms with E-state index in [0.29, 0.717) is 17.8 Å². The Bertz CT molecular complexity index is 446. The summed E-state index contributed by atoms with van der Waals surface area (Å²) in [6.07, 6.45) is 1.57. The average molecular weight is 250 g/mol. The normalized spacial score (nSPS) is 11.9. The lowest BCUT2D eigenvalue weighted by Gasteiger charge is -2.27.